The molecule has 2 aromatic heterocycles. The standard InChI is InChI=1S/C29H33N3O4/c1-36-24-8-9-27-26(18-24)25(12-15-31-27)28(33)10-6-22-13-17-32(20-23(22)7-11-29(34)35)16-3-5-21-4-2-14-30-19-21/h2,4,8-9,12,14-15,18-19,22-23,28,33H,6-7,10-11,13,16-17,20H2,1H3,(H,34,35)/t22-,23+,28?/m1/s1. The number of hydrogen-bond donors (Lipinski definition) is 2. The van der Waals surface area contributed by atoms with Gasteiger partial charge in [0.25, 0.3) is 0 Å². The average Bonchev–Trinajstić information content (AvgIpc) is 2.91. The van der Waals surface area contributed by atoms with E-state index in [-0.39, 0.29) is 12.3 Å². The molecule has 36 heavy (non-hydrogen) atoms. The summed E-state index contributed by atoms with van der Waals surface area (Å²) < 4.78 is 5.36. The van der Waals surface area contributed by atoms with E-state index in [0.717, 1.165) is 53.7 Å². The van der Waals surface area contributed by atoms with Crippen LogP contribution >= 0.6 is 0 Å². The Hall–Kier alpha value is -3.47. The molecule has 0 radical (unpaired) electrons. The summed E-state index contributed by atoms with van der Waals surface area (Å²) in [5.74, 6) is 6.98. The number of benzene rings is 1. The van der Waals surface area contributed by atoms with E-state index in [1.54, 1.807) is 25.7 Å². The van der Waals surface area contributed by atoms with Gasteiger partial charge in [0.1, 0.15) is 5.75 Å². The third-order valence-corrected chi connectivity index (χ3v) is 7.05. The van der Waals surface area contributed by atoms with Gasteiger partial charge in [-0.15, -0.1) is 0 Å². The Morgan fingerprint density at radius 2 is 2.11 bits per heavy atom. The normalized spacial score (nSPS) is 18.8. The summed E-state index contributed by atoms with van der Waals surface area (Å²) >= 11 is 0. The number of methoxy groups -OCH3 is 1. The van der Waals surface area contributed by atoms with Crippen LogP contribution in [-0.2, 0) is 4.79 Å². The summed E-state index contributed by atoms with van der Waals surface area (Å²) in [7, 11) is 1.63. The van der Waals surface area contributed by atoms with Gasteiger partial charge in [-0.2, -0.15) is 0 Å². The van der Waals surface area contributed by atoms with Crippen molar-refractivity contribution in [1.29, 1.82) is 0 Å². The van der Waals surface area contributed by atoms with E-state index in [4.69, 9.17) is 4.74 Å². The minimum Gasteiger partial charge on any atom is -0.497 e. The molecule has 188 valence electrons. The predicted octanol–water partition coefficient (Wildman–Crippen LogP) is 4.31. The smallest absolute Gasteiger partial charge is 0.303 e. The first kappa shape index (κ1) is 25.6. The number of aliphatic hydroxyl groups excluding tert-OH is 1. The molecular formula is C29H33N3O4. The monoisotopic (exact) mass is 487 g/mol. The summed E-state index contributed by atoms with van der Waals surface area (Å²) in [4.78, 5) is 22.1. The first-order valence-electron chi connectivity index (χ1n) is 12.5. The largest absolute Gasteiger partial charge is 0.497 e. The quantitative estimate of drug-likeness (QED) is 0.434. The molecule has 1 fully saturated rings. The first-order valence-corrected chi connectivity index (χ1v) is 12.5. The highest BCUT2D eigenvalue weighted by Crippen LogP contribution is 2.35. The van der Waals surface area contributed by atoms with Gasteiger partial charge in [-0.05, 0) is 86.0 Å². The number of carboxylic acid groups (broad SMARTS) is 1. The molecule has 7 nitrogen and oxygen atoms in total. The number of nitrogens with zero attached hydrogens (tertiary/aromatic N) is 3. The number of aromatic nitrogens is 2. The maximum atomic E-state index is 11.3. The summed E-state index contributed by atoms with van der Waals surface area (Å²) in [6.45, 7) is 2.39. The number of likely N-dealkylation sites (tertiary alicyclic amines) is 1. The predicted molar refractivity (Wildman–Crippen MR) is 139 cm³/mol. The molecule has 1 aromatic carbocycles. The lowest BCUT2D eigenvalue weighted by molar-refractivity contribution is -0.137. The molecular weight excluding hydrogens is 454 g/mol. The second kappa shape index (κ2) is 12.5. The van der Waals surface area contributed by atoms with Crippen LogP contribution in [0.2, 0.25) is 0 Å². The van der Waals surface area contributed by atoms with Crippen LogP contribution in [0, 0.1) is 23.7 Å². The number of fused-ring (bicyclic) bond motifs is 1. The van der Waals surface area contributed by atoms with Crippen LogP contribution in [-0.4, -0.2) is 57.8 Å². The topological polar surface area (TPSA) is 95.8 Å². The molecule has 1 aliphatic rings. The molecule has 4 rings (SSSR count). The zero-order valence-corrected chi connectivity index (χ0v) is 20.6. The Bertz CT molecular complexity index is 1220. The van der Waals surface area contributed by atoms with Gasteiger partial charge in [0.05, 0.1) is 25.3 Å². The molecule has 0 bridgehead atoms. The first-order chi connectivity index (χ1) is 17.5. The van der Waals surface area contributed by atoms with Gasteiger partial charge in [0, 0.05) is 42.5 Å². The molecule has 3 aromatic rings. The molecule has 1 unspecified atom stereocenters. The number of aliphatic carboxylic acids is 1. The van der Waals surface area contributed by atoms with Crippen molar-refractivity contribution in [3.05, 3.63) is 66.1 Å². The maximum Gasteiger partial charge on any atom is 0.303 e. The summed E-state index contributed by atoms with van der Waals surface area (Å²) in [6.07, 6.45) is 7.82. The lowest BCUT2D eigenvalue weighted by Gasteiger charge is -2.38. The van der Waals surface area contributed by atoms with E-state index in [1.807, 2.05) is 36.4 Å². The van der Waals surface area contributed by atoms with Crippen LogP contribution in [0.3, 0.4) is 0 Å². The second-order valence-electron chi connectivity index (χ2n) is 9.40. The highest BCUT2D eigenvalue weighted by Gasteiger charge is 2.29. The Labute approximate surface area is 212 Å². The van der Waals surface area contributed by atoms with Crippen molar-refractivity contribution in [3.8, 4) is 17.6 Å². The van der Waals surface area contributed by atoms with Crippen molar-refractivity contribution < 1.29 is 19.7 Å². The van der Waals surface area contributed by atoms with Gasteiger partial charge in [0.15, 0.2) is 0 Å². The van der Waals surface area contributed by atoms with Crippen molar-refractivity contribution in [2.45, 2.75) is 38.2 Å². The Kier molecular flexibility index (Phi) is 8.88. The molecule has 2 N–H and O–H groups in total. The molecule has 3 heterocycles. The van der Waals surface area contributed by atoms with Crippen molar-refractivity contribution in [2.24, 2.45) is 11.8 Å². The molecule has 0 saturated carbocycles. The zero-order valence-electron chi connectivity index (χ0n) is 20.6. The fourth-order valence-corrected chi connectivity index (χ4v) is 5.10. The number of hydrogen-bond acceptors (Lipinski definition) is 6. The Balaban J connectivity index is 1.39. The van der Waals surface area contributed by atoms with Gasteiger partial charge in [-0.3, -0.25) is 19.7 Å². The molecule has 0 amide bonds. The minimum atomic E-state index is -0.764. The van der Waals surface area contributed by atoms with Crippen molar-refractivity contribution in [1.82, 2.24) is 14.9 Å². The SMILES string of the molecule is COc1ccc2nccc(C(O)CC[C@@H]3CCN(CC#Cc4cccnc4)C[C@@H]3CCC(=O)O)c2c1. The number of piperidine rings is 1. The fourth-order valence-electron chi connectivity index (χ4n) is 5.10. The molecule has 0 aliphatic carbocycles. The lowest BCUT2D eigenvalue weighted by atomic mass is 9.79. The lowest BCUT2D eigenvalue weighted by Crippen LogP contribution is -2.41. The van der Waals surface area contributed by atoms with Crippen molar-refractivity contribution in [2.75, 3.05) is 26.7 Å². The van der Waals surface area contributed by atoms with Crippen LogP contribution < -0.4 is 4.74 Å². The van der Waals surface area contributed by atoms with E-state index >= 15 is 0 Å². The summed E-state index contributed by atoms with van der Waals surface area (Å²) in [6, 6.07) is 11.4. The highest BCUT2D eigenvalue weighted by molar-refractivity contribution is 5.83. The van der Waals surface area contributed by atoms with Gasteiger partial charge in [-0.1, -0.05) is 11.8 Å². The van der Waals surface area contributed by atoms with Crippen LogP contribution in [0.15, 0.2) is 55.0 Å². The summed E-state index contributed by atoms with van der Waals surface area (Å²) in [5, 5.41) is 21.3. The third kappa shape index (κ3) is 6.81. The van der Waals surface area contributed by atoms with E-state index in [9.17, 15) is 15.0 Å². The molecule has 3 atom stereocenters. The van der Waals surface area contributed by atoms with Crippen LogP contribution in [0.25, 0.3) is 10.9 Å². The number of carboxylic acids is 1. The van der Waals surface area contributed by atoms with Crippen LogP contribution in [0.4, 0.5) is 0 Å². The van der Waals surface area contributed by atoms with Gasteiger partial charge < -0.3 is 14.9 Å². The average molecular weight is 488 g/mol. The highest BCUT2D eigenvalue weighted by atomic mass is 16.5. The van der Waals surface area contributed by atoms with Crippen LogP contribution in [0.1, 0.15) is 49.3 Å². The number of rotatable bonds is 9. The van der Waals surface area contributed by atoms with E-state index in [2.05, 4.69) is 26.7 Å². The molecule has 1 saturated heterocycles. The van der Waals surface area contributed by atoms with Gasteiger partial charge in [-0.25, -0.2) is 0 Å². The number of pyridine rings is 2. The minimum absolute atomic E-state index is 0.160. The van der Waals surface area contributed by atoms with E-state index in [0.29, 0.717) is 25.3 Å². The van der Waals surface area contributed by atoms with E-state index < -0.39 is 12.1 Å². The third-order valence-electron chi connectivity index (χ3n) is 7.05. The van der Waals surface area contributed by atoms with E-state index in [1.165, 1.54) is 0 Å². The second-order valence-corrected chi connectivity index (χ2v) is 9.40. The van der Waals surface area contributed by atoms with Gasteiger partial charge >= 0.3 is 5.97 Å². The Morgan fingerprint density at radius 1 is 1.22 bits per heavy atom. The van der Waals surface area contributed by atoms with Crippen molar-refractivity contribution >= 4 is 16.9 Å². The van der Waals surface area contributed by atoms with Gasteiger partial charge in [0.2, 0.25) is 0 Å². The molecule has 0 spiro atoms. The fraction of sp³-hybridized carbons (Fsp3) is 0.414. The number of carbonyl (C=O) groups is 1. The number of aliphatic hydroxyl groups is 1. The van der Waals surface area contributed by atoms with Crippen LogP contribution in [0.5, 0.6) is 5.75 Å². The molecule has 1 aliphatic heterocycles. The number of ether oxygens (including phenoxy) is 1. The maximum absolute atomic E-state index is 11.3. The van der Waals surface area contributed by atoms with Crippen molar-refractivity contribution in [3.63, 3.8) is 0 Å². The Morgan fingerprint density at radius 3 is 2.89 bits per heavy atom. The zero-order chi connectivity index (χ0) is 25.3. The summed E-state index contributed by atoms with van der Waals surface area (Å²) in [5.41, 5.74) is 2.57. The molecule has 7 heteroatoms.